The maximum absolute atomic E-state index is 11.4. The van der Waals surface area contributed by atoms with Gasteiger partial charge in [-0.3, -0.25) is 4.79 Å². The molecule has 50 valence electrons. The van der Waals surface area contributed by atoms with Crippen molar-refractivity contribution in [2.45, 2.75) is 6.42 Å². The number of carbonyl (C=O) groups excluding carboxylic acids is 1. The number of rotatable bonds is 0. The topological polar surface area (TPSA) is 17.1 Å². The van der Waals surface area contributed by atoms with Crippen molar-refractivity contribution in [1.29, 1.82) is 0 Å². The number of carbonyl (C=O) groups is 1. The molecule has 0 aromatic rings. The SMILES string of the molecule is O=C1CC2=c3c1c1cc-1c3=C2. The lowest BCUT2D eigenvalue weighted by Gasteiger charge is -1.98. The predicted octanol–water partition coefficient (Wildman–Crippen LogP) is 0.198. The standard InChI is InChI=1S/C10H4O/c11-8-2-4-1-6-5-3-7(5)10(8)9(4)6/h1,3H,2H2. The lowest BCUT2D eigenvalue weighted by molar-refractivity contribution is 0.100. The lowest BCUT2D eigenvalue weighted by Crippen LogP contribution is -2.30. The van der Waals surface area contributed by atoms with Gasteiger partial charge in [-0.15, -0.1) is 0 Å². The van der Waals surface area contributed by atoms with Crippen molar-refractivity contribution in [2.75, 3.05) is 0 Å². The van der Waals surface area contributed by atoms with E-state index in [1.165, 1.54) is 27.1 Å². The molecular weight excluding hydrogens is 136 g/mol. The van der Waals surface area contributed by atoms with Gasteiger partial charge in [-0.05, 0) is 39.3 Å². The van der Waals surface area contributed by atoms with Crippen molar-refractivity contribution in [1.82, 2.24) is 0 Å². The molecule has 1 heteroatoms. The average Bonchev–Trinajstić information content (AvgIpc) is 2.58. The first-order chi connectivity index (χ1) is 5.36. The molecule has 0 aromatic heterocycles. The van der Waals surface area contributed by atoms with Gasteiger partial charge in [-0.1, -0.05) is 0 Å². The van der Waals surface area contributed by atoms with E-state index in [1.54, 1.807) is 0 Å². The van der Waals surface area contributed by atoms with Crippen LogP contribution in [0.2, 0.25) is 0 Å². The Morgan fingerprint density at radius 2 is 2.18 bits per heavy atom. The van der Waals surface area contributed by atoms with Crippen LogP contribution in [0.3, 0.4) is 0 Å². The largest absolute Gasteiger partial charge is 0.294 e. The Morgan fingerprint density at radius 1 is 1.27 bits per heavy atom. The van der Waals surface area contributed by atoms with E-state index in [4.69, 9.17) is 0 Å². The average molecular weight is 140 g/mol. The van der Waals surface area contributed by atoms with Crippen molar-refractivity contribution in [3.05, 3.63) is 22.1 Å². The van der Waals surface area contributed by atoms with Crippen molar-refractivity contribution < 1.29 is 4.79 Å². The second kappa shape index (κ2) is 0.981. The Balaban J connectivity index is 2.44. The van der Waals surface area contributed by atoms with Gasteiger partial charge in [-0.2, -0.15) is 0 Å². The number of ketones is 1. The van der Waals surface area contributed by atoms with Crippen LogP contribution in [0, 0.1) is 0 Å². The van der Waals surface area contributed by atoms with E-state index in [9.17, 15) is 4.79 Å². The molecule has 0 saturated heterocycles. The van der Waals surface area contributed by atoms with E-state index >= 15 is 0 Å². The molecule has 0 radical (unpaired) electrons. The van der Waals surface area contributed by atoms with Gasteiger partial charge in [0.25, 0.3) is 0 Å². The van der Waals surface area contributed by atoms with Gasteiger partial charge in [0.15, 0.2) is 5.78 Å². The number of hydrogen-bond acceptors (Lipinski definition) is 1. The van der Waals surface area contributed by atoms with E-state index in [1.807, 2.05) is 0 Å². The molecule has 0 aliphatic heterocycles. The molecule has 0 bridgehead atoms. The van der Waals surface area contributed by atoms with Crippen molar-refractivity contribution in [2.24, 2.45) is 0 Å². The van der Waals surface area contributed by atoms with Crippen LogP contribution in [-0.4, -0.2) is 5.78 Å². The molecule has 4 rings (SSSR count). The molecule has 1 nitrogen and oxygen atoms in total. The van der Waals surface area contributed by atoms with Crippen LogP contribution in [-0.2, 0) is 0 Å². The molecule has 0 aromatic carbocycles. The Hall–Kier alpha value is -1.37. The molecule has 4 aliphatic carbocycles. The van der Waals surface area contributed by atoms with Gasteiger partial charge in [0.05, 0.1) is 0 Å². The van der Waals surface area contributed by atoms with Crippen LogP contribution in [0.25, 0.3) is 22.8 Å². The zero-order valence-corrected chi connectivity index (χ0v) is 5.77. The maximum Gasteiger partial charge on any atom is 0.168 e. The van der Waals surface area contributed by atoms with Crippen molar-refractivity contribution >= 4 is 17.4 Å². The monoisotopic (exact) mass is 140 g/mol. The van der Waals surface area contributed by atoms with Crippen molar-refractivity contribution in [3.8, 4) is 11.1 Å². The summed E-state index contributed by atoms with van der Waals surface area (Å²) in [6.07, 6.45) is 2.82. The third-order valence-corrected chi connectivity index (χ3v) is 2.84. The van der Waals surface area contributed by atoms with Gasteiger partial charge in [0, 0.05) is 12.0 Å². The summed E-state index contributed by atoms with van der Waals surface area (Å²) in [6.45, 7) is 0. The number of benzene rings is 1. The van der Waals surface area contributed by atoms with Gasteiger partial charge in [0.2, 0.25) is 0 Å². The maximum atomic E-state index is 11.4. The molecule has 0 unspecified atom stereocenters. The summed E-state index contributed by atoms with van der Waals surface area (Å²) >= 11 is 0. The number of hydrogen-bond donors (Lipinski definition) is 0. The van der Waals surface area contributed by atoms with Crippen LogP contribution in [0.15, 0.2) is 6.07 Å². The van der Waals surface area contributed by atoms with Crippen LogP contribution < -0.4 is 10.4 Å². The highest BCUT2D eigenvalue weighted by Crippen LogP contribution is 2.38. The third kappa shape index (κ3) is 0.283. The van der Waals surface area contributed by atoms with Gasteiger partial charge in [-0.25, -0.2) is 0 Å². The minimum atomic E-state index is 0.333. The first-order valence-electron chi connectivity index (χ1n) is 3.82. The summed E-state index contributed by atoms with van der Waals surface area (Å²) in [5.41, 5.74) is 4.89. The molecule has 0 N–H and O–H groups in total. The third-order valence-electron chi connectivity index (χ3n) is 2.84. The first-order valence-corrected chi connectivity index (χ1v) is 3.82. The lowest BCUT2D eigenvalue weighted by atomic mass is 10.1. The molecular formula is C10H4O. The summed E-state index contributed by atoms with van der Waals surface area (Å²) < 4.78 is 0. The highest BCUT2D eigenvalue weighted by atomic mass is 16.1. The smallest absolute Gasteiger partial charge is 0.168 e. The van der Waals surface area contributed by atoms with Crippen LogP contribution >= 0.6 is 0 Å². The zero-order chi connectivity index (χ0) is 7.16. The minimum absolute atomic E-state index is 0.333. The second-order valence-electron chi connectivity index (χ2n) is 3.40. The summed E-state index contributed by atoms with van der Waals surface area (Å²) in [5.74, 6) is 0.333. The van der Waals surface area contributed by atoms with E-state index in [0.29, 0.717) is 12.2 Å². The van der Waals surface area contributed by atoms with Crippen LogP contribution in [0.5, 0.6) is 0 Å². The molecule has 0 atom stereocenters. The number of Topliss-reactive ketones (excluding diaryl/α,β-unsaturated/α-hetero) is 1. The van der Waals surface area contributed by atoms with Crippen molar-refractivity contribution in [3.63, 3.8) is 0 Å². The number of fused-ring (bicyclic) bond motifs is 3. The predicted molar refractivity (Wildman–Crippen MR) is 41.5 cm³/mol. The Kier molecular flexibility index (Phi) is 0.401. The Bertz CT molecular complexity index is 562. The van der Waals surface area contributed by atoms with E-state index in [0.717, 1.165) is 5.56 Å². The molecule has 0 heterocycles. The van der Waals surface area contributed by atoms with E-state index in [-0.39, 0.29) is 0 Å². The molecule has 4 aliphatic rings. The minimum Gasteiger partial charge on any atom is -0.294 e. The first kappa shape index (κ1) is 4.50. The highest BCUT2D eigenvalue weighted by molar-refractivity contribution is 6.20. The highest BCUT2D eigenvalue weighted by Gasteiger charge is 2.35. The van der Waals surface area contributed by atoms with E-state index < -0.39 is 0 Å². The fraction of sp³-hybridized carbons (Fsp3) is 0.100. The molecule has 0 saturated carbocycles. The summed E-state index contributed by atoms with van der Waals surface area (Å²) in [4.78, 5) is 11.4. The normalized spacial score (nSPS) is 19.3. The van der Waals surface area contributed by atoms with Gasteiger partial charge >= 0.3 is 0 Å². The summed E-state index contributed by atoms with van der Waals surface area (Å²) in [5, 5.41) is 2.64. The second-order valence-corrected chi connectivity index (χ2v) is 3.40. The summed E-state index contributed by atoms with van der Waals surface area (Å²) in [6, 6.07) is 2.12. The van der Waals surface area contributed by atoms with E-state index in [2.05, 4.69) is 12.1 Å². The fourth-order valence-corrected chi connectivity index (χ4v) is 2.28. The molecule has 0 fully saturated rings. The van der Waals surface area contributed by atoms with Gasteiger partial charge in [0.1, 0.15) is 0 Å². The quantitative estimate of drug-likeness (QED) is 0.511. The van der Waals surface area contributed by atoms with Crippen LogP contribution in [0.4, 0.5) is 0 Å². The molecule has 0 amide bonds. The van der Waals surface area contributed by atoms with Gasteiger partial charge < -0.3 is 0 Å². The Morgan fingerprint density at radius 3 is 3.00 bits per heavy atom. The van der Waals surface area contributed by atoms with Crippen LogP contribution in [0.1, 0.15) is 16.8 Å². The molecule has 11 heavy (non-hydrogen) atoms. The zero-order valence-electron chi connectivity index (χ0n) is 5.77. The summed E-state index contributed by atoms with van der Waals surface area (Å²) in [7, 11) is 0. The fourth-order valence-electron chi connectivity index (χ4n) is 2.28. The Labute approximate surface area is 62.7 Å². The molecule has 0 spiro atoms.